The summed E-state index contributed by atoms with van der Waals surface area (Å²) in [6.07, 6.45) is 44.4. The lowest BCUT2D eigenvalue weighted by Crippen LogP contribution is -2.65. The zero-order chi connectivity index (χ0) is 56.0. The highest BCUT2D eigenvalue weighted by Crippen LogP contribution is 2.30. The van der Waals surface area contributed by atoms with Gasteiger partial charge in [0.1, 0.15) is 48.8 Å². The van der Waals surface area contributed by atoms with Crippen LogP contribution in [0.4, 0.5) is 0 Å². The van der Waals surface area contributed by atoms with Gasteiger partial charge in [-0.2, -0.15) is 0 Å². The normalized spacial score (nSPS) is 25.0. The number of rotatable bonds is 50. The second-order valence-corrected chi connectivity index (χ2v) is 22.2. The zero-order valence-corrected chi connectivity index (χ0v) is 48.5. The van der Waals surface area contributed by atoms with E-state index in [1.807, 2.05) is 6.08 Å². The van der Waals surface area contributed by atoms with Crippen LogP contribution >= 0.6 is 0 Å². The molecule has 2 heterocycles. The van der Waals surface area contributed by atoms with Crippen molar-refractivity contribution in [2.45, 2.75) is 325 Å². The molecular formula is C63H115NO13. The lowest BCUT2D eigenvalue weighted by Gasteiger charge is -2.46. The standard InChI is InChI=1S/C63H115NO13/c1-3-5-7-9-11-13-15-17-19-20-21-22-23-24-25-26-27-28-29-30-31-32-33-35-37-39-41-43-45-47-55(68)64-51(52(67)46-44-42-40-38-36-34-18-16-14-12-10-8-6-4-2)50-74-62-60(73)58(71)61(54(49-66)76-62)77-63-59(72)57(70)56(69)53(48-65)75-63/h15,17,20-21,23-24,44,46,51-54,56-63,65-67,69-73H,3-14,16,18-19,22,25-43,45,47-50H2,1-2H3,(H,64,68)/b17-15-,21-20-,24-23-,46-44+. The number of amides is 1. The molecule has 2 fully saturated rings. The highest BCUT2D eigenvalue weighted by atomic mass is 16.7. The molecule has 450 valence electrons. The van der Waals surface area contributed by atoms with E-state index in [4.69, 9.17) is 18.9 Å². The van der Waals surface area contributed by atoms with Crippen molar-refractivity contribution in [3.8, 4) is 0 Å². The molecule has 77 heavy (non-hydrogen) atoms. The van der Waals surface area contributed by atoms with E-state index < -0.39 is 86.8 Å². The summed E-state index contributed by atoms with van der Waals surface area (Å²) in [6, 6.07) is -0.915. The number of carbonyl (C=O) groups excluding carboxylic acids is 1. The number of allylic oxidation sites excluding steroid dienone is 7. The van der Waals surface area contributed by atoms with Gasteiger partial charge in [0.2, 0.25) is 5.91 Å². The summed E-state index contributed by atoms with van der Waals surface area (Å²) in [4.78, 5) is 13.3. The third-order valence-electron chi connectivity index (χ3n) is 15.3. The van der Waals surface area contributed by atoms with Gasteiger partial charge in [0.05, 0.1) is 32.0 Å². The molecule has 9 N–H and O–H groups in total. The predicted octanol–water partition coefficient (Wildman–Crippen LogP) is 11.2. The molecule has 0 saturated carbocycles. The van der Waals surface area contributed by atoms with Gasteiger partial charge in [-0.25, -0.2) is 0 Å². The first-order valence-electron chi connectivity index (χ1n) is 31.4. The van der Waals surface area contributed by atoms with Crippen molar-refractivity contribution < 1.29 is 64.6 Å². The van der Waals surface area contributed by atoms with Gasteiger partial charge in [-0.3, -0.25) is 4.79 Å². The molecule has 14 nitrogen and oxygen atoms in total. The minimum Gasteiger partial charge on any atom is -0.394 e. The lowest BCUT2D eigenvalue weighted by atomic mass is 9.97. The number of carbonyl (C=O) groups is 1. The van der Waals surface area contributed by atoms with Crippen LogP contribution in [-0.2, 0) is 23.7 Å². The molecule has 2 saturated heterocycles. The minimum absolute atomic E-state index is 0.240. The Hall–Kier alpha value is -2.05. The van der Waals surface area contributed by atoms with Crippen molar-refractivity contribution in [2.75, 3.05) is 19.8 Å². The van der Waals surface area contributed by atoms with Gasteiger partial charge in [-0.1, -0.05) is 236 Å². The second kappa shape index (κ2) is 48.6. The van der Waals surface area contributed by atoms with Crippen LogP contribution < -0.4 is 5.32 Å². The van der Waals surface area contributed by atoms with Crippen LogP contribution in [0.3, 0.4) is 0 Å². The summed E-state index contributed by atoms with van der Waals surface area (Å²) in [5.74, 6) is -0.240. The molecule has 2 rings (SSSR count). The molecule has 0 aromatic carbocycles. The average molecular weight is 1090 g/mol. The quantitative estimate of drug-likeness (QED) is 0.0204. The molecule has 0 aromatic heterocycles. The number of hydrogen-bond acceptors (Lipinski definition) is 13. The SMILES string of the molecule is CCCCCCC/C=C\C/C=C\C/C=C\CCCCCCCCCCCCCCCCC(=O)NC(COC1OC(CO)C(OC2OC(CO)C(O)C(O)C2O)C(O)C1O)C(O)/C=C/CCCCCCCCCCCCCC. The van der Waals surface area contributed by atoms with E-state index in [0.29, 0.717) is 6.42 Å². The number of aliphatic hydroxyl groups excluding tert-OH is 8. The number of aliphatic hydroxyl groups is 8. The molecule has 12 atom stereocenters. The number of hydrogen-bond donors (Lipinski definition) is 9. The van der Waals surface area contributed by atoms with Gasteiger partial charge in [-0.15, -0.1) is 0 Å². The summed E-state index contributed by atoms with van der Waals surface area (Å²) >= 11 is 0. The molecule has 12 unspecified atom stereocenters. The summed E-state index contributed by atoms with van der Waals surface area (Å²) in [7, 11) is 0. The van der Waals surface area contributed by atoms with Crippen molar-refractivity contribution >= 4 is 5.91 Å². The summed E-state index contributed by atoms with van der Waals surface area (Å²) < 4.78 is 22.8. The van der Waals surface area contributed by atoms with Gasteiger partial charge in [-0.05, 0) is 57.8 Å². The van der Waals surface area contributed by atoms with Crippen molar-refractivity contribution in [3.05, 3.63) is 48.6 Å². The van der Waals surface area contributed by atoms with E-state index in [2.05, 4.69) is 55.6 Å². The Morgan fingerprint density at radius 1 is 0.468 bits per heavy atom. The topological polar surface area (TPSA) is 228 Å². The molecule has 0 bridgehead atoms. The first-order chi connectivity index (χ1) is 37.6. The van der Waals surface area contributed by atoms with E-state index in [1.54, 1.807) is 6.08 Å². The molecule has 2 aliphatic rings. The molecule has 1 amide bonds. The zero-order valence-electron chi connectivity index (χ0n) is 48.5. The number of unbranched alkanes of at least 4 members (excludes halogenated alkanes) is 31. The summed E-state index contributed by atoms with van der Waals surface area (Å²) in [6.45, 7) is 2.79. The van der Waals surface area contributed by atoms with E-state index in [1.165, 1.54) is 173 Å². The van der Waals surface area contributed by atoms with Crippen LogP contribution in [0.15, 0.2) is 48.6 Å². The fourth-order valence-electron chi connectivity index (χ4n) is 10.2. The van der Waals surface area contributed by atoms with E-state index >= 15 is 0 Å². The molecule has 0 spiro atoms. The fourth-order valence-corrected chi connectivity index (χ4v) is 10.2. The number of nitrogens with one attached hydrogen (secondary N) is 1. The highest BCUT2D eigenvalue weighted by Gasteiger charge is 2.51. The monoisotopic (exact) mass is 1090 g/mol. The first kappa shape index (κ1) is 71.1. The maximum atomic E-state index is 13.3. The van der Waals surface area contributed by atoms with Crippen LogP contribution in [0.2, 0.25) is 0 Å². The van der Waals surface area contributed by atoms with Gasteiger partial charge in [0.15, 0.2) is 12.6 Å². The molecule has 14 heteroatoms. The Labute approximate surface area is 467 Å². The molecule has 0 aliphatic carbocycles. The van der Waals surface area contributed by atoms with Gasteiger partial charge < -0.3 is 65.1 Å². The van der Waals surface area contributed by atoms with Gasteiger partial charge in [0.25, 0.3) is 0 Å². The molecular weight excluding hydrogens is 979 g/mol. The number of ether oxygens (including phenoxy) is 4. The van der Waals surface area contributed by atoms with Crippen LogP contribution in [-0.4, -0.2) is 140 Å². The summed E-state index contributed by atoms with van der Waals surface area (Å²) in [5.41, 5.74) is 0. The predicted molar refractivity (Wildman–Crippen MR) is 309 cm³/mol. The van der Waals surface area contributed by atoms with E-state index in [0.717, 1.165) is 51.4 Å². The lowest BCUT2D eigenvalue weighted by molar-refractivity contribution is -0.359. The average Bonchev–Trinajstić information content (AvgIpc) is 3.43. The molecule has 0 aromatic rings. The first-order valence-corrected chi connectivity index (χ1v) is 31.4. The van der Waals surface area contributed by atoms with Crippen LogP contribution in [0.5, 0.6) is 0 Å². The third kappa shape index (κ3) is 34.1. The Morgan fingerprint density at radius 2 is 0.857 bits per heavy atom. The largest absolute Gasteiger partial charge is 0.394 e. The highest BCUT2D eigenvalue weighted by molar-refractivity contribution is 5.76. The smallest absolute Gasteiger partial charge is 0.220 e. The van der Waals surface area contributed by atoms with Crippen LogP contribution in [0.1, 0.15) is 251 Å². The second-order valence-electron chi connectivity index (χ2n) is 22.2. The summed E-state index contributed by atoms with van der Waals surface area (Å²) in [5, 5.41) is 87.1. The Morgan fingerprint density at radius 3 is 1.31 bits per heavy atom. The van der Waals surface area contributed by atoms with Crippen molar-refractivity contribution in [3.63, 3.8) is 0 Å². The molecule has 2 aliphatic heterocycles. The Balaban J connectivity index is 1.69. The third-order valence-corrected chi connectivity index (χ3v) is 15.3. The van der Waals surface area contributed by atoms with Gasteiger partial charge in [0, 0.05) is 6.42 Å². The van der Waals surface area contributed by atoms with Crippen LogP contribution in [0, 0.1) is 0 Å². The molecule has 0 radical (unpaired) electrons. The van der Waals surface area contributed by atoms with Crippen molar-refractivity contribution in [2.24, 2.45) is 0 Å². The minimum atomic E-state index is -1.79. The van der Waals surface area contributed by atoms with E-state index in [-0.39, 0.29) is 18.9 Å². The van der Waals surface area contributed by atoms with E-state index in [9.17, 15) is 45.6 Å². The van der Waals surface area contributed by atoms with Crippen LogP contribution in [0.25, 0.3) is 0 Å². The van der Waals surface area contributed by atoms with Gasteiger partial charge >= 0.3 is 0 Å². The Bertz CT molecular complexity index is 1480. The fraction of sp³-hybridized carbons (Fsp3) is 0.857. The Kier molecular flexibility index (Phi) is 44.9. The van der Waals surface area contributed by atoms with Crippen molar-refractivity contribution in [1.82, 2.24) is 5.32 Å². The van der Waals surface area contributed by atoms with Crippen molar-refractivity contribution in [1.29, 1.82) is 0 Å². The maximum absolute atomic E-state index is 13.3. The maximum Gasteiger partial charge on any atom is 0.220 e.